The van der Waals surface area contributed by atoms with Crippen molar-refractivity contribution in [3.05, 3.63) is 46.2 Å². The predicted octanol–water partition coefficient (Wildman–Crippen LogP) is 4.02. The summed E-state index contributed by atoms with van der Waals surface area (Å²) in [5.41, 5.74) is 0. The van der Waals surface area contributed by atoms with Gasteiger partial charge in [-0.3, -0.25) is 4.79 Å². The number of hydrogen-bond donors (Lipinski definition) is 1. The van der Waals surface area contributed by atoms with Crippen LogP contribution >= 0.6 is 11.3 Å². The summed E-state index contributed by atoms with van der Waals surface area (Å²) in [7, 11) is 0. The molecule has 2 heterocycles. The summed E-state index contributed by atoms with van der Waals surface area (Å²) in [4.78, 5) is 26.4. The number of amides is 1. The third kappa shape index (κ3) is 7.39. The summed E-state index contributed by atoms with van der Waals surface area (Å²) in [6.45, 7) is 2.91. The number of carboxylic acid groups (broad SMARTS) is 1. The molecular weight excluding hydrogens is 357 g/mol. The molecule has 0 spiro atoms. The van der Waals surface area contributed by atoms with E-state index in [1.54, 1.807) is 6.07 Å². The molecule has 1 amide bonds. The van der Waals surface area contributed by atoms with E-state index in [-0.39, 0.29) is 41.5 Å². The molecule has 1 aromatic rings. The van der Waals surface area contributed by atoms with Crippen LogP contribution in [0.1, 0.15) is 60.0 Å². The van der Waals surface area contributed by atoms with Crippen molar-refractivity contribution in [2.24, 2.45) is 0 Å². The van der Waals surface area contributed by atoms with E-state index in [9.17, 15) is 9.59 Å². The summed E-state index contributed by atoms with van der Waals surface area (Å²) in [5, 5.41) is 8.96. The van der Waals surface area contributed by atoms with E-state index in [4.69, 9.17) is 5.11 Å². The maximum absolute atomic E-state index is 12.1. The molecule has 138 valence electrons. The molecule has 1 fully saturated rings. The Morgan fingerprint density at radius 2 is 2.15 bits per heavy atom. The van der Waals surface area contributed by atoms with Gasteiger partial charge in [0.05, 0.1) is 6.04 Å². The van der Waals surface area contributed by atoms with E-state index < -0.39 is 5.97 Å². The SMILES string of the molecule is CCCC/C=C/C=C/[C@H]1CCC(=O)N1CCCc1ccc(C(=O)O)s1.[NaH]. The van der Waals surface area contributed by atoms with E-state index in [0.717, 1.165) is 37.1 Å². The average Bonchev–Trinajstić information content (AvgIpc) is 3.19. The van der Waals surface area contributed by atoms with Crippen molar-refractivity contribution in [1.29, 1.82) is 0 Å². The number of hydrogen-bond acceptors (Lipinski definition) is 3. The summed E-state index contributed by atoms with van der Waals surface area (Å²) < 4.78 is 0. The van der Waals surface area contributed by atoms with Crippen LogP contribution in [0.3, 0.4) is 0 Å². The molecule has 0 unspecified atom stereocenters. The third-order valence-electron chi connectivity index (χ3n) is 4.37. The first-order valence-corrected chi connectivity index (χ1v) is 9.88. The van der Waals surface area contributed by atoms with E-state index in [1.165, 1.54) is 24.2 Å². The van der Waals surface area contributed by atoms with Crippen LogP contribution in [0.5, 0.6) is 0 Å². The Bertz CT molecular complexity index is 639. The van der Waals surface area contributed by atoms with Gasteiger partial charge in [-0.25, -0.2) is 4.79 Å². The second-order valence-corrected chi connectivity index (χ2v) is 7.49. The topological polar surface area (TPSA) is 57.6 Å². The predicted molar refractivity (Wildman–Crippen MR) is 109 cm³/mol. The fraction of sp³-hybridized carbons (Fsp3) is 0.500. The molecule has 1 aliphatic rings. The molecule has 1 N–H and O–H groups in total. The van der Waals surface area contributed by atoms with Crippen molar-refractivity contribution < 1.29 is 14.7 Å². The Balaban J connectivity index is 0.00000338. The second kappa shape index (κ2) is 12.5. The van der Waals surface area contributed by atoms with Crippen molar-refractivity contribution in [3.8, 4) is 0 Å². The van der Waals surface area contributed by atoms with Gasteiger partial charge in [0.2, 0.25) is 5.91 Å². The zero-order valence-corrected chi connectivity index (χ0v) is 15.6. The Morgan fingerprint density at radius 3 is 2.85 bits per heavy atom. The van der Waals surface area contributed by atoms with Crippen LogP contribution < -0.4 is 0 Å². The van der Waals surface area contributed by atoms with Gasteiger partial charge in [-0.15, -0.1) is 11.3 Å². The molecule has 2 rings (SSSR count). The molecule has 26 heavy (non-hydrogen) atoms. The number of allylic oxidation sites excluding steroid dienone is 3. The van der Waals surface area contributed by atoms with Crippen LogP contribution in [0, 0.1) is 0 Å². The van der Waals surface area contributed by atoms with Gasteiger partial charge in [-0.2, -0.15) is 0 Å². The van der Waals surface area contributed by atoms with Crippen LogP contribution in [0.2, 0.25) is 0 Å². The molecular formula is C20H28NNaO3S. The fourth-order valence-corrected chi connectivity index (χ4v) is 3.87. The van der Waals surface area contributed by atoms with Crippen LogP contribution in [0.15, 0.2) is 36.4 Å². The molecule has 0 aromatic carbocycles. The number of carboxylic acids is 1. The van der Waals surface area contributed by atoms with Crippen LogP contribution in [-0.2, 0) is 11.2 Å². The Labute approximate surface area is 182 Å². The summed E-state index contributed by atoms with van der Waals surface area (Å²) in [6.07, 6.45) is 15.2. The van der Waals surface area contributed by atoms with Crippen LogP contribution in [-0.4, -0.2) is 64.0 Å². The number of likely N-dealkylation sites (tertiary alicyclic amines) is 1. The zero-order valence-electron chi connectivity index (χ0n) is 14.8. The molecule has 1 saturated heterocycles. The number of thiophene rings is 1. The Hall–Kier alpha value is -0.880. The number of aryl methyl sites for hydroxylation is 1. The summed E-state index contributed by atoms with van der Waals surface area (Å²) in [6, 6.07) is 3.72. The minimum absolute atomic E-state index is 0. The minimum atomic E-state index is -0.872. The molecule has 1 aromatic heterocycles. The number of nitrogens with zero attached hydrogens (tertiary/aromatic N) is 1. The number of rotatable bonds is 10. The van der Waals surface area contributed by atoms with Gasteiger partial charge in [-0.1, -0.05) is 44.1 Å². The normalized spacial score (nSPS) is 17.3. The van der Waals surface area contributed by atoms with E-state index in [2.05, 4.69) is 31.2 Å². The quantitative estimate of drug-likeness (QED) is 0.376. The summed E-state index contributed by atoms with van der Waals surface area (Å²) >= 11 is 1.32. The van der Waals surface area contributed by atoms with Gasteiger partial charge in [0.1, 0.15) is 4.88 Å². The first kappa shape index (κ1) is 23.2. The molecule has 6 heteroatoms. The van der Waals surface area contributed by atoms with Gasteiger partial charge >= 0.3 is 35.5 Å². The van der Waals surface area contributed by atoms with Crippen molar-refractivity contribution in [3.63, 3.8) is 0 Å². The van der Waals surface area contributed by atoms with Crippen LogP contribution in [0.25, 0.3) is 0 Å². The molecule has 1 atom stereocenters. The molecule has 0 radical (unpaired) electrons. The van der Waals surface area contributed by atoms with Gasteiger partial charge < -0.3 is 10.0 Å². The molecule has 0 aliphatic carbocycles. The number of carbonyl (C=O) groups excluding carboxylic acids is 1. The van der Waals surface area contributed by atoms with Crippen LogP contribution in [0.4, 0.5) is 0 Å². The first-order chi connectivity index (χ1) is 12.1. The van der Waals surface area contributed by atoms with Crippen molar-refractivity contribution in [2.45, 2.75) is 57.9 Å². The van der Waals surface area contributed by atoms with Crippen molar-refractivity contribution >= 4 is 52.8 Å². The Kier molecular flexibility index (Phi) is 11.1. The standard InChI is InChI=1S/C20H27NO3S.Na.H/c1-2-3-4-5-6-7-9-16-11-14-19(22)21(16)15-8-10-17-12-13-18(25-17)20(23)24;;/h5-7,9,12-13,16H,2-4,8,10-11,14-15H2,1H3,(H,23,24);;/b6-5+,9-7+;;/t16-;;/m0../s1. The van der Waals surface area contributed by atoms with Gasteiger partial charge in [0.25, 0.3) is 0 Å². The van der Waals surface area contributed by atoms with Gasteiger partial charge in [0, 0.05) is 17.8 Å². The van der Waals surface area contributed by atoms with Gasteiger partial charge in [-0.05, 0) is 37.8 Å². The monoisotopic (exact) mass is 385 g/mol. The molecule has 4 nitrogen and oxygen atoms in total. The van der Waals surface area contributed by atoms with Crippen molar-refractivity contribution in [1.82, 2.24) is 4.90 Å². The average molecular weight is 386 g/mol. The number of unbranched alkanes of at least 4 members (excludes halogenated alkanes) is 2. The summed E-state index contributed by atoms with van der Waals surface area (Å²) in [5.74, 6) is -0.648. The first-order valence-electron chi connectivity index (χ1n) is 9.06. The fourth-order valence-electron chi connectivity index (χ4n) is 2.99. The third-order valence-corrected chi connectivity index (χ3v) is 5.51. The Morgan fingerprint density at radius 1 is 1.35 bits per heavy atom. The molecule has 0 bridgehead atoms. The van der Waals surface area contributed by atoms with Crippen molar-refractivity contribution in [2.75, 3.05) is 6.54 Å². The zero-order chi connectivity index (χ0) is 18.1. The number of carbonyl (C=O) groups is 2. The van der Waals surface area contributed by atoms with E-state index in [1.807, 2.05) is 11.0 Å². The molecule has 0 saturated carbocycles. The van der Waals surface area contributed by atoms with Gasteiger partial charge in [0.15, 0.2) is 0 Å². The molecule has 1 aliphatic heterocycles. The number of aromatic carboxylic acids is 1. The van der Waals surface area contributed by atoms with E-state index in [0.29, 0.717) is 11.3 Å². The maximum atomic E-state index is 12.1. The second-order valence-electron chi connectivity index (χ2n) is 6.32. The van der Waals surface area contributed by atoms with E-state index >= 15 is 0 Å².